The molecule has 1 saturated carbocycles. The SMILES string of the molecule is O=C(Cc1ccccc1Br)N[C@H]1CC[C@@H](C(=O)O)C1. The summed E-state index contributed by atoms with van der Waals surface area (Å²) in [7, 11) is 0. The highest BCUT2D eigenvalue weighted by molar-refractivity contribution is 9.10. The fraction of sp³-hybridized carbons (Fsp3) is 0.429. The highest BCUT2D eigenvalue weighted by atomic mass is 79.9. The van der Waals surface area contributed by atoms with E-state index in [1.54, 1.807) is 0 Å². The quantitative estimate of drug-likeness (QED) is 0.893. The standard InChI is InChI=1S/C14H16BrNO3/c15-12-4-2-1-3-9(12)8-13(17)16-11-6-5-10(7-11)14(18)19/h1-4,10-11H,5-8H2,(H,16,17)(H,18,19)/t10-,11+/m1/s1. The van der Waals surface area contributed by atoms with Gasteiger partial charge >= 0.3 is 5.97 Å². The Hall–Kier alpha value is -1.36. The van der Waals surface area contributed by atoms with Crippen LogP contribution in [0.5, 0.6) is 0 Å². The number of rotatable bonds is 4. The van der Waals surface area contributed by atoms with E-state index in [-0.39, 0.29) is 17.9 Å². The van der Waals surface area contributed by atoms with Crippen LogP contribution in [0.1, 0.15) is 24.8 Å². The number of benzene rings is 1. The average Bonchev–Trinajstić information content (AvgIpc) is 2.80. The third kappa shape index (κ3) is 3.80. The molecule has 1 aromatic carbocycles. The number of carbonyl (C=O) groups is 2. The summed E-state index contributed by atoms with van der Waals surface area (Å²) in [4.78, 5) is 22.8. The molecule has 1 aliphatic carbocycles. The van der Waals surface area contributed by atoms with Gasteiger partial charge in [0.1, 0.15) is 0 Å². The Morgan fingerprint density at radius 1 is 1.32 bits per heavy atom. The van der Waals surface area contributed by atoms with Crippen LogP contribution in [0.4, 0.5) is 0 Å². The van der Waals surface area contributed by atoms with Gasteiger partial charge in [-0.15, -0.1) is 0 Å². The van der Waals surface area contributed by atoms with Crippen molar-refractivity contribution >= 4 is 27.8 Å². The number of hydrogen-bond donors (Lipinski definition) is 2. The van der Waals surface area contributed by atoms with Crippen molar-refractivity contribution in [1.29, 1.82) is 0 Å². The van der Waals surface area contributed by atoms with E-state index in [0.29, 0.717) is 19.3 Å². The predicted molar refractivity (Wildman–Crippen MR) is 74.8 cm³/mol. The molecule has 1 fully saturated rings. The number of halogens is 1. The molecule has 19 heavy (non-hydrogen) atoms. The molecule has 0 aliphatic heterocycles. The lowest BCUT2D eigenvalue weighted by atomic mass is 10.1. The lowest BCUT2D eigenvalue weighted by molar-refractivity contribution is -0.141. The third-order valence-electron chi connectivity index (χ3n) is 3.46. The second-order valence-electron chi connectivity index (χ2n) is 4.88. The van der Waals surface area contributed by atoms with E-state index in [1.165, 1.54) is 0 Å². The molecule has 2 rings (SSSR count). The molecule has 2 atom stereocenters. The Morgan fingerprint density at radius 3 is 2.68 bits per heavy atom. The summed E-state index contributed by atoms with van der Waals surface area (Å²) in [5.74, 6) is -1.13. The summed E-state index contributed by atoms with van der Waals surface area (Å²) in [6.45, 7) is 0. The van der Waals surface area contributed by atoms with Gasteiger partial charge < -0.3 is 10.4 Å². The zero-order chi connectivity index (χ0) is 13.8. The molecule has 1 aliphatic rings. The van der Waals surface area contributed by atoms with Crippen LogP contribution >= 0.6 is 15.9 Å². The second-order valence-corrected chi connectivity index (χ2v) is 5.74. The van der Waals surface area contributed by atoms with Gasteiger partial charge in [-0.05, 0) is 30.9 Å². The number of carboxylic acid groups (broad SMARTS) is 1. The van der Waals surface area contributed by atoms with Crippen molar-refractivity contribution in [3.63, 3.8) is 0 Å². The van der Waals surface area contributed by atoms with E-state index in [9.17, 15) is 9.59 Å². The molecule has 0 heterocycles. The zero-order valence-corrected chi connectivity index (χ0v) is 12.0. The van der Waals surface area contributed by atoms with E-state index < -0.39 is 5.97 Å². The Bertz CT molecular complexity index is 489. The van der Waals surface area contributed by atoms with E-state index in [4.69, 9.17) is 5.11 Å². The van der Waals surface area contributed by atoms with Crippen LogP contribution in [-0.2, 0) is 16.0 Å². The molecule has 1 amide bonds. The molecule has 0 aromatic heterocycles. The summed E-state index contributed by atoms with van der Waals surface area (Å²) >= 11 is 3.41. The summed E-state index contributed by atoms with van der Waals surface area (Å²) in [6.07, 6.45) is 2.25. The van der Waals surface area contributed by atoms with Crippen LogP contribution in [0.15, 0.2) is 28.7 Å². The van der Waals surface area contributed by atoms with Gasteiger partial charge in [-0.1, -0.05) is 34.1 Å². The van der Waals surface area contributed by atoms with Crippen molar-refractivity contribution in [2.45, 2.75) is 31.7 Å². The number of carbonyl (C=O) groups excluding carboxylic acids is 1. The molecular weight excluding hydrogens is 310 g/mol. The van der Waals surface area contributed by atoms with Crippen LogP contribution in [0.3, 0.4) is 0 Å². The van der Waals surface area contributed by atoms with Gasteiger partial charge in [0.2, 0.25) is 5.91 Å². The van der Waals surface area contributed by atoms with Crippen molar-refractivity contribution in [1.82, 2.24) is 5.32 Å². The lowest BCUT2D eigenvalue weighted by Gasteiger charge is -2.13. The van der Waals surface area contributed by atoms with Gasteiger partial charge in [0.05, 0.1) is 12.3 Å². The average molecular weight is 326 g/mol. The van der Waals surface area contributed by atoms with Crippen LogP contribution in [0.2, 0.25) is 0 Å². The maximum Gasteiger partial charge on any atom is 0.306 e. The highest BCUT2D eigenvalue weighted by Gasteiger charge is 2.30. The number of aliphatic carboxylic acids is 1. The number of nitrogens with one attached hydrogen (secondary N) is 1. The number of hydrogen-bond acceptors (Lipinski definition) is 2. The fourth-order valence-electron chi connectivity index (χ4n) is 2.43. The Kier molecular flexibility index (Phi) is 4.58. The Labute approximate surface area is 120 Å². The summed E-state index contributed by atoms with van der Waals surface area (Å²) < 4.78 is 0.917. The van der Waals surface area contributed by atoms with Crippen LogP contribution in [-0.4, -0.2) is 23.0 Å². The van der Waals surface area contributed by atoms with E-state index in [1.807, 2.05) is 24.3 Å². The molecule has 2 N–H and O–H groups in total. The fourth-order valence-corrected chi connectivity index (χ4v) is 2.86. The topological polar surface area (TPSA) is 66.4 Å². The van der Waals surface area contributed by atoms with E-state index >= 15 is 0 Å². The van der Waals surface area contributed by atoms with Gasteiger partial charge in [0.15, 0.2) is 0 Å². The molecule has 4 nitrogen and oxygen atoms in total. The van der Waals surface area contributed by atoms with Crippen LogP contribution in [0, 0.1) is 5.92 Å². The first-order valence-electron chi connectivity index (χ1n) is 6.32. The summed E-state index contributed by atoms with van der Waals surface area (Å²) in [5, 5.41) is 11.8. The minimum absolute atomic E-state index is 0.00362. The lowest BCUT2D eigenvalue weighted by Crippen LogP contribution is -2.34. The maximum atomic E-state index is 11.9. The van der Waals surface area contributed by atoms with Crippen molar-refractivity contribution < 1.29 is 14.7 Å². The molecule has 0 radical (unpaired) electrons. The van der Waals surface area contributed by atoms with Gasteiger partial charge in [0.25, 0.3) is 0 Å². The summed E-state index contributed by atoms with van der Waals surface area (Å²) in [6, 6.07) is 7.59. The Balaban J connectivity index is 1.86. The molecule has 0 saturated heterocycles. The van der Waals surface area contributed by atoms with Gasteiger partial charge in [0, 0.05) is 10.5 Å². The van der Waals surface area contributed by atoms with Crippen molar-refractivity contribution in [2.75, 3.05) is 0 Å². The minimum Gasteiger partial charge on any atom is -0.481 e. The molecule has 1 aromatic rings. The molecule has 0 unspecified atom stereocenters. The predicted octanol–water partition coefficient (Wildman–Crippen LogP) is 2.36. The first-order valence-corrected chi connectivity index (χ1v) is 7.11. The zero-order valence-electron chi connectivity index (χ0n) is 10.4. The van der Waals surface area contributed by atoms with Crippen LogP contribution in [0.25, 0.3) is 0 Å². The highest BCUT2D eigenvalue weighted by Crippen LogP contribution is 2.25. The molecule has 0 spiro atoms. The number of carboxylic acids is 1. The third-order valence-corrected chi connectivity index (χ3v) is 4.23. The van der Waals surface area contributed by atoms with Crippen molar-refractivity contribution in [2.24, 2.45) is 5.92 Å². The molecule has 5 heteroatoms. The largest absolute Gasteiger partial charge is 0.481 e. The smallest absolute Gasteiger partial charge is 0.306 e. The van der Waals surface area contributed by atoms with Crippen LogP contribution < -0.4 is 5.32 Å². The van der Waals surface area contributed by atoms with E-state index in [2.05, 4.69) is 21.2 Å². The van der Waals surface area contributed by atoms with Gasteiger partial charge in [-0.25, -0.2) is 0 Å². The first kappa shape index (κ1) is 14.1. The molecular formula is C14H16BrNO3. The minimum atomic E-state index is -0.762. The normalized spacial score (nSPS) is 22.2. The van der Waals surface area contributed by atoms with Gasteiger partial charge in [-0.3, -0.25) is 9.59 Å². The molecule has 0 bridgehead atoms. The Morgan fingerprint density at radius 2 is 2.05 bits per heavy atom. The second kappa shape index (κ2) is 6.19. The summed E-state index contributed by atoms with van der Waals surface area (Å²) in [5.41, 5.74) is 0.938. The first-order chi connectivity index (χ1) is 9.06. The maximum absolute atomic E-state index is 11.9. The van der Waals surface area contributed by atoms with E-state index in [0.717, 1.165) is 16.5 Å². The van der Waals surface area contributed by atoms with Crippen molar-refractivity contribution in [3.8, 4) is 0 Å². The van der Waals surface area contributed by atoms with Gasteiger partial charge in [-0.2, -0.15) is 0 Å². The monoisotopic (exact) mass is 325 g/mol. The number of amides is 1. The molecule has 102 valence electrons. The van der Waals surface area contributed by atoms with Crippen molar-refractivity contribution in [3.05, 3.63) is 34.3 Å².